The molecule has 2 rings (SSSR count). The summed E-state index contributed by atoms with van der Waals surface area (Å²) in [5, 5.41) is 0. The lowest BCUT2D eigenvalue weighted by Crippen LogP contribution is -2.46. The van der Waals surface area contributed by atoms with E-state index < -0.39 is 0 Å². The Kier molecular flexibility index (Phi) is 5.10. The van der Waals surface area contributed by atoms with Crippen LogP contribution in [0.15, 0.2) is 24.3 Å². The molecule has 116 valence electrons. The van der Waals surface area contributed by atoms with Gasteiger partial charge in [-0.2, -0.15) is 0 Å². The molecule has 1 aromatic rings. The summed E-state index contributed by atoms with van der Waals surface area (Å²) in [6.07, 6.45) is 2.05. The standard InChI is InChI=1S/C17H26N2O2/c1-5-18(3)17(20)19-11-10-13(2)12-15(19)14-8-6-7-9-16(14)21-4/h6-9,13,15H,5,10-12H2,1-4H3/t13-,15+/m0/s1. The first-order valence-corrected chi connectivity index (χ1v) is 7.73. The zero-order valence-corrected chi connectivity index (χ0v) is 13.5. The van der Waals surface area contributed by atoms with Crippen LogP contribution in [0, 0.1) is 5.92 Å². The normalized spacial score (nSPS) is 22.0. The second-order valence-electron chi connectivity index (χ2n) is 5.88. The van der Waals surface area contributed by atoms with Crippen molar-refractivity contribution in [2.24, 2.45) is 5.92 Å². The second kappa shape index (κ2) is 6.83. The molecule has 0 aromatic heterocycles. The van der Waals surface area contributed by atoms with E-state index in [1.54, 1.807) is 12.0 Å². The summed E-state index contributed by atoms with van der Waals surface area (Å²) in [6.45, 7) is 5.80. The number of ether oxygens (including phenoxy) is 1. The Bertz CT molecular complexity index is 489. The Hall–Kier alpha value is -1.71. The molecule has 0 spiro atoms. The van der Waals surface area contributed by atoms with E-state index in [4.69, 9.17) is 4.74 Å². The number of rotatable bonds is 3. The fourth-order valence-electron chi connectivity index (χ4n) is 2.96. The Morgan fingerprint density at radius 2 is 2.14 bits per heavy atom. The number of para-hydroxylation sites is 1. The van der Waals surface area contributed by atoms with Crippen molar-refractivity contribution in [2.45, 2.75) is 32.7 Å². The van der Waals surface area contributed by atoms with E-state index in [0.29, 0.717) is 5.92 Å². The molecule has 2 amide bonds. The molecule has 0 bridgehead atoms. The van der Waals surface area contributed by atoms with E-state index >= 15 is 0 Å². The molecule has 1 fully saturated rings. The van der Waals surface area contributed by atoms with Gasteiger partial charge in [-0.25, -0.2) is 4.79 Å². The maximum Gasteiger partial charge on any atom is 0.320 e. The van der Waals surface area contributed by atoms with Gasteiger partial charge in [0.25, 0.3) is 0 Å². The van der Waals surface area contributed by atoms with Gasteiger partial charge in [0, 0.05) is 25.7 Å². The van der Waals surface area contributed by atoms with E-state index in [-0.39, 0.29) is 12.1 Å². The summed E-state index contributed by atoms with van der Waals surface area (Å²) in [7, 11) is 3.55. The number of urea groups is 1. The number of hydrogen-bond donors (Lipinski definition) is 0. The Morgan fingerprint density at radius 1 is 1.43 bits per heavy atom. The van der Waals surface area contributed by atoms with Gasteiger partial charge < -0.3 is 14.5 Å². The highest BCUT2D eigenvalue weighted by molar-refractivity contribution is 5.75. The van der Waals surface area contributed by atoms with Crippen molar-refractivity contribution in [2.75, 3.05) is 27.2 Å². The predicted octanol–water partition coefficient (Wildman–Crippen LogP) is 3.54. The van der Waals surface area contributed by atoms with Crippen LogP contribution in [0.3, 0.4) is 0 Å². The maximum atomic E-state index is 12.6. The molecule has 2 atom stereocenters. The van der Waals surface area contributed by atoms with Gasteiger partial charge >= 0.3 is 6.03 Å². The topological polar surface area (TPSA) is 32.8 Å². The first-order chi connectivity index (χ1) is 10.1. The molecule has 0 unspecified atom stereocenters. The SMILES string of the molecule is CCN(C)C(=O)N1CC[C@H](C)C[C@@H]1c1ccccc1OC. The largest absolute Gasteiger partial charge is 0.496 e. The molecular weight excluding hydrogens is 264 g/mol. The number of hydrogen-bond acceptors (Lipinski definition) is 2. The van der Waals surface area contributed by atoms with Crippen LogP contribution in [0.25, 0.3) is 0 Å². The van der Waals surface area contributed by atoms with Gasteiger partial charge in [-0.05, 0) is 31.7 Å². The minimum Gasteiger partial charge on any atom is -0.496 e. The minimum absolute atomic E-state index is 0.103. The van der Waals surface area contributed by atoms with Crippen LogP contribution in [-0.4, -0.2) is 43.1 Å². The molecule has 1 heterocycles. The van der Waals surface area contributed by atoms with E-state index in [2.05, 4.69) is 13.0 Å². The van der Waals surface area contributed by atoms with Gasteiger partial charge in [0.2, 0.25) is 0 Å². The average Bonchev–Trinajstić information content (AvgIpc) is 2.53. The van der Waals surface area contributed by atoms with Gasteiger partial charge in [-0.1, -0.05) is 25.1 Å². The van der Waals surface area contributed by atoms with Crippen LogP contribution in [0.1, 0.15) is 38.3 Å². The number of nitrogens with zero attached hydrogens (tertiary/aromatic N) is 2. The highest BCUT2D eigenvalue weighted by Gasteiger charge is 2.33. The molecule has 21 heavy (non-hydrogen) atoms. The van der Waals surface area contributed by atoms with Crippen molar-refractivity contribution in [3.8, 4) is 5.75 Å². The number of likely N-dealkylation sites (tertiary alicyclic amines) is 1. The lowest BCUT2D eigenvalue weighted by Gasteiger charge is -2.40. The monoisotopic (exact) mass is 290 g/mol. The molecule has 0 saturated carbocycles. The molecular formula is C17H26N2O2. The molecule has 4 nitrogen and oxygen atoms in total. The highest BCUT2D eigenvalue weighted by Crippen LogP contribution is 2.38. The first kappa shape index (κ1) is 15.7. The third-order valence-corrected chi connectivity index (χ3v) is 4.41. The summed E-state index contributed by atoms with van der Waals surface area (Å²) in [6, 6.07) is 8.25. The second-order valence-corrected chi connectivity index (χ2v) is 5.88. The predicted molar refractivity (Wildman–Crippen MR) is 84.5 cm³/mol. The fourth-order valence-corrected chi connectivity index (χ4v) is 2.96. The molecule has 0 N–H and O–H groups in total. The van der Waals surface area contributed by atoms with E-state index in [0.717, 1.165) is 37.2 Å². The first-order valence-electron chi connectivity index (χ1n) is 7.73. The third-order valence-electron chi connectivity index (χ3n) is 4.41. The molecule has 1 aliphatic rings. The van der Waals surface area contributed by atoms with Crippen molar-refractivity contribution in [3.63, 3.8) is 0 Å². The maximum absolute atomic E-state index is 12.6. The van der Waals surface area contributed by atoms with Crippen molar-refractivity contribution in [1.82, 2.24) is 9.80 Å². The summed E-state index contributed by atoms with van der Waals surface area (Å²) in [4.78, 5) is 16.4. The lowest BCUT2D eigenvalue weighted by molar-refractivity contribution is 0.107. The van der Waals surface area contributed by atoms with Crippen LogP contribution in [0.2, 0.25) is 0 Å². The number of carbonyl (C=O) groups excluding carboxylic acids is 1. The van der Waals surface area contributed by atoms with E-state index in [1.165, 1.54) is 0 Å². The number of carbonyl (C=O) groups is 1. The molecule has 0 radical (unpaired) electrons. The zero-order valence-electron chi connectivity index (χ0n) is 13.5. The summed E-state index contributed by atoms with van der Waals surface area (Å²) >= 11 is 0. The van der Waals surface area contributed by atoms with Gasteiger partial charge in [0.15, 0.2) is 0 Å². The van der Waals surface area contributed by atoms with Crippen molar-refractivity contribution in [1.29, 1.82) is 0 Å². The van der Waals surface area contributed by atoms with Crippen LogP contribution < -0.4 is 4.74 Å². The van der Waals surface area contributed by atoms with Crippen molar-refractivity contribution < 1.29 is 9.53 Å². The summed E-state index contributed by atoms with van der Waals surface area (Å²) in [5.74, 6) is 1.49. The number of methoxy groups -OCH3 is 1. The summed E-state index contributed by atoms with van der Waals surface area (Å²) < 4.78 is 5.50. The van der Waals surface area contributed by atoms with E-state index in [9.17, 15) is 4.79 Å². The van der Waals surface area contributed by atoms with Crippen LogP contribution >= 0.6 is 0 Å². The van der Waals surface area contributed by atoms with Crippen molar-refractivity contribution >= 4 is 6.03 Å². The van der Waals surface area contributed by atoms with Crippen LogP contribution in [0.4, 0.5) is 4.79 Å². The van der Waals surface area contributed by atoms with E-state index in [1.807, 2.05) is 37.1 Å². The Balaban J connectivity index is 2.33. The van der Waals surface area contributed by atoms with Crippen LogP contribution in [0.5, 0.6) is 5.75 Å². The quantitative estimate of drug-likeness (QED) is 0.853. The molecule has 1 saturated heterocycles. The number of benzene rings is 1. The van der Waals surface area contributed by atoms with Gasteiger partial charge in [0.1, 0.15) is 5.75 Å². The fraction of sp³-hybridized carbons (Fsp3) is 0.588. The Labute approximate surface area is 127 Å². The lowest BCUT2D eigenvalue weighted by atomic mass is 9.88. The number of piperidine rings is 1. The van der Waals surface area contributed by atoms with Gasteiger partial charge in [-0.3, -0.25) is 0 Å². The molecule has 1 aliphatic heterocycles. The Morgan fingerprint density at radius 3 is 2.81 bits per heavy atom. The van der Waals surface area contributed by atoms with Crippen LogP contribution in [-0.2, 0) is 0 Å². The molecule has 0 aliphatic carbocycles. The van der Waals surface area contributed by atoms with Crippen molar-refractivity contribution in [3.05, 3.63) is 29.8 Å². The highest BCUT2D eigenvalue weighted by atomic mass is 16.5. The van der Waals surface area contributed by atoms with Gasteiger partial charge in [0.05, 0.1) is 13.2 Å². The zero-order chi connectivity index (χ0) is 15.4. The number of amides is 2. The minimum atomic E-state index is 0.103. The molecule has 1 aromatic carbocycles. The smallest absolute Gasteiger partial charge is 0.320 e. The van der Waals surface area contributed by atoms with Gasteiger partial charge in [-0.15, -0.1) is 0 Å². The average molecular weight is 290 g/mol. The third kappa shape index (κ3) is 3.31. The summed E-state index contributed by atoms with van der Waals surface area (Å²) in [5.41, 5.74) is 1.12. The molecule has 4 heteroatoms.